The molecule has 0 amide bonds. The molecule has 3 heterocycles. The summed E-state index contributed by atoms with van der Waals surface area (Å²) in [5.41, 5.74) is 12.1. The summed E-state index contributed by atoms with van der Waals surface area (Å²) < 4.78 is 2.41. The zero-order valence-electron chi connectivity index (χ0n) is 20.2. The van der Waals surface area contributed by atoms with Crippen LogP contribution in [-0.2, 0) is 0 Å². The van der Waals surface area contributed by atoms with Gasteiger partial charge in [-0.15, -0.1) is 0 Å². The van der Waals surface area contributed by atoms with Crippen molar-refractivity contribution in [2.75, 3.05) is 28.8 Å². The summed E-state index contributed by atoms with van der Waals surface area (Å²) in [5.74, 6) is 0. The Morgan fingerprint density at radius 1 is 0.444 bits per heavy atom. The molecule has 2 aliphatic rings. The van der Waals surface area contributed by atoms with Gasteiger partial charge in [-0.25, -0.2) is 0 Å². The Morgan fingerprint density at radius 3 is 1.36 bits per heavy atom. The summed E-state index contributed by atoms with van der Waals surface area (Å²) in [6.45, 7) is 0. The third-order valence-electron chi connectivity index (χ3n) is 7.81. The van der Waals surface area contributed by atoms with E-state index in [2.05, 4.69) is 143 Å². The lowest BCUT2D eigenvalue weighted by Gasteiger charge is -2.45. The first-order chi connectivity index (χ1) is 17.7. The van der Waals surface area contributed by atoms with Gasteiger partial charge >= 0.3 is 0 Å². The summed E-state index contributed by atoms with van der Waals surface area (Å²) in [7, 11) is 4.36. The van der Waals surface area contributed by atoms with E-state index in [0.717, 1.165) is 0 Å². The second-order valence-electron chi connectivity index (χ2n) is 9.63. The largest absolute Gasteiger partial charge is 0.341 e. The normalized spacial score (nSPS) is 13.7. The van der Waals surface area contributed by atoms with Crippen LogP contribution in [0.4, 0.5) is 39.8 Å². The third-order valence-corrected chi connectivity index (χ3v) is 7.81. The van der Waals surface area contributed by atoms with Crippen LogP contribution in [0.5, 0.6) is 0 Å². The minimum atomic E-state index is 1.17. The van der Waals surface area contributed by atoms with Crippen LogP contribution in [0.15, 0.2) is 109 Å². The van der Waals surface area contributed by atoms with Crippen LogP contribution in [-0.4, -0.2) is 18.7 Å². The van der Waals surface area contributed by atoms with E-state index in [0.29, 0.717) is 0 Å². The summed E-state index contributed by atoms with van der Waals surface area (Å²) in [5, 5.41) is 2.55. The van der Waals surface area contributed by atoms with Crippen molar-refractivity contribution in [2.24, 2.45) is 0 Å². The smallest absolute Gasteiger partial charge is 0.0942 e. The number of hydrogen-bond acceptors (Lipinski definition) is 3. The van der Waals surface area contributed by atoms with Gasteiger partial charge in [-0.3, -0.25) is 0 Å². The molecule has 4 nitrogen and oxygen atoms in total. The molecule has 0 bridgehead atoms. The third kappa shape index (κ3) is 2.38. The molecule has 0 radical (unpaired) electrons. The highest BCUT2D eigenvalue weighted by molar-refractivity contribution is 6.12. The van der Waals surface area contributed by atoms with E-state index in [-0.39, 0.29) is 0 Å². The van der Waals surface area contributed by atoms with Crippen LogP contribution < -0.4 is 14.7 Å². The molecule has 0 saturated heterocycles. The Hall–Kier alpha value is -4.70. The van der Waals surface area contributed by atoms with Crippen LogP contribution in [0, 0.1) is 0 Å². The Morgan fingerprint density at radius 2 is 0.861 bits per heavy atom. The molecule has 0 fully saturated rings. The molecule has 0 unspecified atom stereocenters. The molecule has 0 aliphatic carbocycles. The van der Waals surface area contributed by atoms with Gasteiger partial charge in [-0.1, -0.05) is 60.7 Å². The van der Waals surface area contributed by atoms with Crippen LogP contribution >= 0.6 is 0 Å². The highest BCUT2D eigenvalue weighted by Crippen LogP contribution is 2.60. The van der Waals surface area contributed by atoms with Crippen molar-refractivity contribution >= 4 is 61.6 Å². The predicted octanol–water partition coefficient (Wildman–Crippen LogP) is 8.42. The van der Waals surface area contributed by atoms with E-state index in [1.807, 2.05) is 0 Å². The molecule has 5 aromatic carbocycles. The molecule has 6 aromatic rings. The monoisotopic (exact) mass is 464 g/mol. The first kappa shape index (κ1) is 19.6. The van der Waals surface area contributed by atoms with E-state index in [1.165, 1.54) is 67.3 Å². The highest BCUT2D eigenvalue weighted by Gasteiger charge is 2.36. The van der Waals surface area contributed by atoms with Crippen LogP contribution in [0.25, 0.3) is 27.5 Å². The highest BCUT2D eigenvalue weighted by atomic mass is 15.3. The number of aromatic nitrogens is 1. The average molecular weight is 465 g/mol. The zero-order chi connectivity index (χ0) is 24.0. The number of nitrogens with zero attached hydrogens (tertiary/aromatic N) is 4. The number of rotatable bonds is 1. The fourth-order valence-electron chi connectivity index (χ4n) is 6.16. The van der Waals surface area contributed by atoms with E-state index >= 15 is 0 Å². The molecule has 36 heavy (non-hydrogen) atoms. The molecular weight excluding hydrogens is 440 g/mol. The van der Waals surface area contributed by atoms with E-state index in [4.69, 9.17) is 0 Å². The van der Waals surface area contributed by atoms with Crippen molar-refractivity contribution in [3.8, 4) is 5.69 Å². The molecule has 2 aliphatic heterocycles. The Balaban J connectivity index is 1.49. The van der Waals surface area contributed by atoms with Crippen LogP contribution in [0.3, 0.4) is 0 Å². The number of anilines is 7. The van der Waals surface area contributed by atoms with Crippen LogP contribution in [0.1, 0.15) is 0 Å². The fourth-order valence-corrected chi connectivity index (χ4v) is 6.16. The lowest BCUT2D eigenvalue weighted by Crippen LogP contribution is -2.30. The minimum absolute atomic E-state index is 1.17. The first-order valence-electron chi connectivity index (χ1n) is 12.3. The molecule has 0 saturated carbocycles. The standard InChI is InChI=1S/C32H24N4/c1-33-26-15-7-9-17-28(26)36-29-18-10-8-16-27(29)34(2)31-20-21(19-30(33)32(31)36)35-24-13-5-3-11-22(24)23-12-4-6-14-25(23)35/h3-20H,1-2H3. The maximum atomic E-state index is 2.44. The minimum Gasteiger partial charge on any atom is -0.341 e. The van der Waals surface area contributed by atoms with Gasteiger partial charge in [0.15, 0.2) is 0 Å². The maximum Gasteiger partial charge on any atom is 0.0942 e. The van der Waals surface area contributed by atoms with Crippen molar-refractivity contribution in [3.63, 3.8) is 0 Å². The Bertz CT molecular complexity index is 1720. The number of fused-ring (bicyclic) bond motifs is 7. The van der Waals surface area contributed by atoms with Crippen molar-refractivity contribution in [1.29, 1.82) is 0 Å². The Labute approximate surface area is 209 Å². The topological polar surface area (TPSA) is 14.7 Å². The quantitative estimate of drug-likeness (QED) is 0.243. The first-order valence-corrected chi connectivity index (χ1v) is 12.3. The average Bonchev–Trinajstić information content (AvgIpc) is 3.27. The Kier molecular flexibility index (Phi) is 3.77. The molecule has 172 valence electrons. The molecule has 8 rings (SSSR count). The summed E-state index contributed by atoms with van der Waals surface area (Å²) in [4.78, 5) is 7.11. The molecule has 1 aromatic heterocycles. The van der Waals surface area contributed by atoms with E-state index < -0.39 is 0 Å². The van der Waals surface area contributed by atoms with Crippen LogP contribution in [0.2, 0.25) is 0 Å². The van der Waals surface area contributed by atoms with Gasteiger partial charge < -0.3 is 19.3 Å². The lowest BCUT2D eigenvalue weighted by atomic mass is 10.00. The van der Waals surface area contributed by atoms with Crippen molar-refractivity contribution in [1.82, 2.24) is 4.57 Å². The maximum absolute atomic E-state index is 2.44. The van der Waals surface area contributed by atoms with Crippen molar-refractivity contribution in [3.05, 3.63) is 109 Å². The van der Waals surface area contributed by atoms with Gasteiger partial charge in [0.25, 0.3) is 0 Å². The van der Waals surface area contributed by atoms with Gasteiger partial charge in [0, 0.05) is 24.9 Å². The number of para-hydroxylation sites is 6. The van der Waals surface area contributed by atoms with Gasteiger partial charge in [-0.2, -0.15) is 0 Å². The second kappa shape index (κ2) is 6.92. The van der Waals surface area contributed by atoms with Crippen molar-refractivity contribution < 1.29 is 0 Å². The van der Waals surface area contributed by atoms with Gasteiger partial charge in [-0.05, 0) is 48.5 Å². The van der Waals surface area contributed by atoms with E-state index in [1.54, 1.807) is 0 Å². The summed E-state index contributed by atoms with van der Waals surface area (Å²) in [6.07, 6.45) is 0. The lowest BCUT2D eigenvalue weighted by molar-refractivity contribution is 1.06. The number of hydrogen-bond donors (Lipinski definition) is 0. The fraction of sp³-hybridized carbons (Fsp3) is 0.0625. The molecule has 0 atom stereocenters. The summed E-state index contributed by atoms with van der Waals surface area (Å²) in [6, 6.07) is 39.5. The molecule has 4 heteroatoms. The molecule has 0 N–H and O–H groups in total. The molecule has 0 spiro atoms. The van der Waals surface area contributed by atoms with Gasteiger partial charge in [0.1, 0.15) is 0 Å². The summed E-state index contributed by atoms with van der Waals surface area (Å²) >= 11 is 0. The second-order valence-corrected chi connectivity index (χ2v) is 9.63. The number of benzene rings is 5. The SMILES string of the molecule is CN1c2ccccc2N2c3ccccc3N(C)c3cc(-n4c5ccccc5c5ccccc54)cc1c32. The van der Waals surface area contributed by atoms with Gasteiger partial charge in [0.2, 0.25) is 0 Å². The zero-order valence-corrected chi connectivity index (χ0v) is 20.2. The van der Waals surface area contributed by atoms with Gasteiger partial charge in [0.05, 0.1) is 56.5 Å². The predicted molar refractivity (Wildman–Crippen MR) is 152 cm³/mol. The van der Waals surface area contributed by atoms with E-state index in [9.17, 15) is 0 Å². The molecular formula is C32H24N4. The van der Waals surface area contributed by atoms with Crippen molar-refractivity contribution in [2.45, 2.75) is 0 Å².